The van der Waals surface area contributed by atoms with Crippen molar-refractivity contribution in [3.63, 3.8) is 0 Å². The number of hydrogen-bond acceptors (Lipinski definition) is 2. The Morgan fingerprint density at radius 3 is 2.50 bits per heavy atom. The second-order valence-electron chi connectivity index (χ2n) is 9.72. The molecule has 3 saturated carbocycles. The first kappa shape index (κ1) is 15.5. The van der Waals surface area contributed by atoms with Crippen LogP contribution in [0.1, 0.15) is 53.4 Å². The Balaban J connectivity index is 1.54. The molecular formula is C21H29BO2. The predicted molar refractivity (Wildman–Crippen MR) is 97.0 cm³/mol. The summed E-state index contributed by atoms with van der Waals surface area (Å²) in [6.45, 7) is 9.85. The molecule has 1 aromatic carbocycles. The zero-order valence-corrected chi connectivity index (χ0v) is 15.4. The van der Waals surface area contributed by atoms with Crippen LogP contribution in [0.15, 0.2) is 30.3 Å². The summed E-state index contributed by atoms with van der Waals surface area (Å²) in [5.41, 5.74) is 1.87. The minimum absolute atomic E-state index is 0.140. The number of rotatable bonds is 1. The van der Waals surface area contributed by atoms with Crippen molar-refractivity contribution in [1.82, 2.24) is 0 Å². The Bertz CT molecular complexity index is 659. The van der Waals surface area contributed by atoms with Crippen molar-refractivity contribution in [3.8, 4) is 0 Å². The van der Waals surface area contributed by atoms with Crippen LogP contribution in [0.5, 0.6) is 0 Å². The Kier molecular flexibility index (Phi) is 3.01. The van der Waals surface area contributed by atoms with Crippen LogP contribution < -0.4 is 5.46 Å². The average Bonchev–Trinajstić information content (AvgIpc) is 3.13. The summed E-state index contributed by atoms with van der Waals surface area (Å²) in [6, 6.07) is 10.5. The fourth-order valence-corrected chi connectivity index (χ4v) is 7.32. The Morgan fingerprint density at radius 1 is 1.00 bits per heavy atom. The molecule has 5 rings (SSSR count). The van der Waals surface area contributed by atoms with E-state index in [0.717, 1.165) is 17.3 Å². The highest BCUT2D eigenvalue weighted by molar-refractivity contribution is 6.62. The molecule has 0 aromatic heterocycles. The van der Waals surface area contributed by atoms with Crippen LogP contribution in [0.3, 0.4) is 0 Å². The lowest BCUT2D eigenvalue weighted by atomic mass is 9.63. The average molecular weight is 324 g/mol. The van der Waals surface area contributed by atoms with Gasteiger partial charge in [0.05, 0.1) is 11.7 Å². The monoisotopic (exact) mass is 324 g/mol. The lowest BCUT2D eigenvalue weighted by molar-refractivity contribution is -0.0767. The zero-order valence-electron chi connectivity index (χ0n) is 15.4. The highest BCUT2D eigenvalue weighted by atomic mass is 16.7. The number of hydrogen-bond donors (Lipinski definition) is 0. The van der Waals surface area contributed by atoms with E-state index in [1.54, 1.807) is 0 Å². The van der Waals surface area contributed by atoms with Gasteiger partial charge in [0, 0.05) is 0 Å². The summed E-state index contributed by atoms with van der Waals surface area (Å²) in [6.07, 6.45) is 5.57. The van der Waals surface area contributed by atoms with Gasteiger partial charge in [-0.1, -0.05) is 51.1 Å². The van der Waals surface area contributed by atoms with Gasteiger partial charge in [-0.05, 0) is 66.7 Å². The Hall–Kier alpha value is -0.795. The van der Waals surface area contributed by atoms with Crippen molar-refractivity contribution in [2.45, 2.75) is 65.1 Å². The molecular weight excluding hydrogens is 295 g/mol. The first-order valence-corrected chi connectivity index (χ1v) is 9.76. The molecule has 1 aromatic rings. The van der Waals surface area contributed by atoms with Crippen LogP contribution in [0.2, 0.25) is 0 Å². The standard InChI is InChI=1S/C21H29BO2/c1-14-10-11-16-19(2,3)17-12-21(14,16)13-18-20(17,4)24-22(23-18)15-8-6-5-7-9-15/h5-9,14,16-18H,10-13H2,1-4H3/t14-,16+,17-,18+,20-,21-/m1/s1. The number of benzene rings is 1. The maximum Gasteiger partial charge on any atom is 0.494 e. The van der Waals surface area contributed by atoms with Crippen LogP contribution in [0.25, 0.3) is 0 Å². The van der Waals surface area contributed by atoms with Gasteiger partial charge in [0.1, 0.15) is 0 Å². The fourth-order valence-electron chi connectivity index (χ4n) is 7.32. The molecule has 128 valence electrons. The largest absolute Gasteiger partial charge is 0.494 e. The molecule has 24 heavy (non-hydrogen) atoms. The van der Waals surface area contributed by atoms with Crippen molar-refractivity contribution >= 4 is 12.6 Å². The number of fused-ring (bicyclic) bond motifs is 3. The van der Waals surface area contributed by atoms with Gasteiger partial charge in [0.25, 0.3) is 0 Å². The van der Waals surface area contributed by atoms with E-state index in [0.29, 0.717) is 16.7 Å². The lowest BCUT2D eigenvalue weighted by Crippen LogP contribution is -2.52. The van der Waals surface area contributed by atoms with E-state index >= 15 is 0 Å². The minimum Gasteiger partial charge on any atom is -0.401 e. The van der Waals surface area contributed by atoms with E-state index in [1.165, 1.54) is 25.7 Å². The predicted octanol–water partition coefficient (Wildman–Crippen LogP) is 4.04. The van der Waals surface area contributed by atoms with Crippen LogP contribution in [0.4, 0.5) is 0 Å². The molecule has 1 heterocycles. The molecule has 4 fully saturated rings. The van der Waals surface area contributed by atoms with Gasteiger partial charge in [0.2, 0.25) is 0 Å². The van der Waals surface area contributed by atoms with Gasteiger partial charge >= 0.3 is 7.12 Å². The summed E-state index contributed by atoms with van der Waals surface area (Å²) < 4.78 is 13.2. The van der Waals surface area contributed by atoms with Crippen molar-refractivity contribution in [2.24, 2.45) is 28.6 Å². The van der Waals surface area contributed by atoms with E-state index in [9.17, 15) is 0 Å². The SMILES string of the molecule is C[C@@H]1CC[C@H]2C(C)(C)[C@H]3C[C@@]12C[C@@H]1OB(c2ccccc2)O[C@@]13C. The molecule has 0 N–H and O–H groups in total. The smallest absolute Gasteiger partial charge is 0.401 e. The van der Waals surface area contributed by atoms with Crippen LogP contribution >= 0.6 is 0 Å². The summed E-state index contributed by atoms with van der Waals surface area (Å²) in [4.78, 5) is 0. The second kappa shape index (κ2) is 4.68. The zero-order chi connectivity index (χ0) is 16.7. The second-order valence-corrected chi connectivity index (χ2v) is 9.72. The highest BCUT2D eigenvalue weighted by Crippen LogP contribution is 2.74. The minimum atomic E-state index is -0.192. The van der Waals surface area contributed by atoms with Crippen molar-refractivity contribution < 1.29 is 9.31 Å². The quantitative estimate of drug-likeness (QED) is 0.726. The third kappa shape index (κ3) is 1.71. The van der Waals surface area contributed by atoms with E-state index in [4.69, 9.17) is 9.31 Å². The topological polar surface area (TPSA) is 18.5 Å². The molecule has 0 amide bonds. The molecule has 1 spiro atoms. The molecule has 0 radical (unpaired) electrons. The normalized spacial score (nSPS) is 48.4. The molecule has 4 aliphatic rings. The third-order valence-corrected chi connectivity index (χ3v) is 8.56. The fraction of sp³-hybridized carbons (Fsp3) is 0.714. The van der Waals surface area contributed by atoms with E-state index in [2.05, 4.69) is 58.0 Å². The van der Waals surface area contributed by atoms with Crippen LogP contribution in [-0.4, -0.2) is 18.8 Å². The molecule has 1 aliphatic heterocycles. The lowest BCUT2D eigenvalue weighted by Gasteiger charge is -2.48. The molecule has 0 unspecified atom stereocenters. The summed E-state index contributed by atoms with van der Waals surface area (Å²) in [7, 11) is -0.192. The Labute approximate surface area is 146 Å². The van der Waals surface area contributed by atoms with Gasteiger partial charge in [-0.3, -0.25) is 0 Å². The maximum absolute atomic E-state index is 6.68. The highest BCUT2D eigenvalue weighted by Gasteiger charge is 2.73. The van der Waals surface area contributed by atoms with E-state index in [1.807, 2.05) is 0 Å². The van der Waals surface area contributed by atoms with Crippen molar-refractivity contribution in [1.29, 1.82) is 0 Å². The van der Waals surface area contributed by atoms with Crippen LogP contribution in [-0.2, 0) is 9.31 Å². The Morgan fingerprint density at radius 2 is 1.75 bits per heavy atom. The van der Waals surface area contributed by atoms with E-state index < -0.39 is 0 Å². The summed E-state index contributed by atoms with van der Waals surface area (Å²) >= 11 is 0. The molecule has 1 saturated heterocycles. The molecule has 3 aliphatic carbocycles. The van der Waals surface area contributed by atoms with Gasteiger partial charge in [-0.25, -0.2) is 0 Å². The first-order chi connectivity index (χ1) is 11.4. The summed E-state index contributed by atoms with van der Waals surface area (Å²) in [5, 5.41) is 0. The van der Waals surface area contributed by atoms with Crippen molar-refractivity contribution in [3.05, 3.63) is 30.3 Å². The van der Waals surface area contributed by atoms with Gasteiger partial charge in [-0.15, -0.1) is 0 Å². The third-order valence-electron chi connectivity index (χ3n) is 8.56. The molecule has 2 bridgehead atoms. The van der Waals surface area contributed by atoms with E-state index in [-0.39, 0.29) is 18.8 Å². The molecule has 3 heteroatoms. The first-order valence-electron chi connectivity index (χ1n) is 9.76. The van der Waals surface area contributed by atoms with Crippen LogP contribution in [0, 0.1) is 28.6 Å². The summed E-state index contributed by atoms with van der Waals surface area (Å²) in [5.74, 6) is 2.27. The molecule has 2 nitrogen and oxygen atoms in total. The molecule has 6 atom stereocenters. The van der Waals surface area contributed by atoms with Crippen molar-refractivity contribution in [2.75, 3.05) is 0 Å². The van der Waals surface area contributed by atoms with Gasteiger partial charge in [0.15, 0.2) is 0 Å². The maximum atomic E-state index is 6.68. The van der Waals surface area contributed by atoms with Gasteiger partial charge in [-0.2, -0.15) is 0 Å². The van der Waals surface area contributed by atoms with Gasteiger partial charge < -0.3 is 9.31 Å².